The van der Waals surface area contributed by atoms with Gasteiger partial charge in [0.1, 0.15) is 0 Å². The fourth-order valence-corrected chi connectivity index (χ4v) is 4.10. The van der Waals surface area contributed by atoms with Crippen molar-refractivity contribution in [3.8, 4) is 11.3 Å². The maximum atomic E-state index is 12.3. The van der Waals surface area contributed by atoms with Crippen LogP contribution in [0.25, 0.3) is 11.3 Å². The van der Waals surface area contributed by atoms with E-state index in [-0.39, 0.29) is 5.91 Å². The van der Waals surface area contributed by atoms with E-state index >= 15 is 0 Å². The zero-order valence-corrected chi connectivity index (χ0v) is 15.9. The lowest BCUT2D eigenvalue weighted by atomic mass is 10.2. The largest absolute Gasteiger partial charge is 0.358 e. The molecule has 1 N–H and O–H groups in total. The van der Waals surface area contributed by atoms with Crippen molar-refractivity contribution in [3.05, 3.63) is 69.0 Å². The van der Waals surface area contributed by atoms with Crippen LogP contribution in [-0.4, -0.2) is 22.8 Å². The Labute approximate surface area is 154 Å². The molecule has 0 fully saturated rings. The highest BCUT2D eigenvalue weighted by Gasteiger charge is 2.11. The number of carbonyl (C=O) groups excluding carboxylic acids is 1. The molecule has 0 radical (unpaired) electrons. The molecular formula is C19H19BrN2OS. The monoisotopic (exact) mass is 402 g/mol. The summed E-state index contributed by atoms with van der Waals surface area (Å²) in [5.41, 5.74) is 3.35. The molecule has 3 nitrogen and oxygen atoms in total. The molecule has 0 spiro atoms. The van der Waals surface area contributed by atoms with Crippen molar-refractivity contribution in [1.29, 1.82) is 0 Å². The van der Waals surface area contributed by atoms with Gasteiger partial charge in [-0.05, 0) is 52.2 Å². The molecule has 0 atom stereocenters. The van der Waals surface area contributed by atoms with Gasteiger partial charge in [-0.25, -0.2) is 0 Å². The first-order valence-corrected chi connectivity index (χ1v) is 9.44. The van der Waals surface area contributed by atoms with E-state index in [4.69, 9.17) is 0 Å². The Morgan fingerprint density at radius 3 is 2.62 bits per heavy atom. The van der Waals surface area contributed by atoms with Crippen LogP contribution in [0.3, 0.4) is 0 Å². The summed E-state index contributed by atoms with van der Waals surface area (Å²) in [7, 11) is 1.86. The molecule has 3 rings (SSSR count). The summed E-state index contributed by atoms with van der Waals surface area (Å²) in [6.45, 7) is 0.662. The molecule has 2 heterocycles. The minimum atomic E-state index is 0.162. The summed E-state index contributed by atoms with van der Waals surface area (Å²) in [5, 5.41) is 0. The Kier molecular flexibility index (Phi) is 5.53. The summed E-state index contributed by atoms with van der Waals surface area (Å²) in [6, 6.07) is 18.4. The van der Waals surface area contributed by atoms with Crippen LogP contribution < -0.4 is 0 Å². The lowest BCUT2D eigenvalue weighted by molar-refractivity contribution is -0.130. The fraction of sp³-hybridized carbons (Fsp3) is 0.211. The van der Waals surface area contributed by atoms with Crippen LogP contribution in [0, 0.1) is 0 Å². The van der Waals surface area contributed by atoms with Gasteiger partial charge in [-0.1, -0.05) is 30.3 Å². The van der Waals surface area contributed by atoms with Gasteiger partial charge in [-0.2, -0.15) is 0 Å². The lowest BCUT2D eigenvalue weighted by Gasteiger charge is -2.15. The predicted molar refractivity (Wildman–Crippen MR) is 103 cm³/mol. The van der Waals surface area contributed by atoms with Crippen molar-refractivity contribution in [1.82, 2.24) is 9.88 Å². The number of H-pyrrole nitrogens is 1. The number of thiophene rings is 1. The number of halogens is 1. The van der Waals surface area contributed by atoms with Crippen molar-refractivity contribution in [2.45, 2.75) is 19.4 Å². The van der Waals surface area contributed by atoms with E-state index in [1.807, 2.05) is 31.3 Å². The Hall–Kier alpha value is -1.85. The first-order valence-electron chi connectivity index (χ1n) is 7.83. The number of aromatic nitrogens is 1. The molecule has 0 saturated carbocycles. The minimum absolute atomic E-state index is 0.162. The highest BCUT2D eigenvalue weighted by molar-refractivity contribution is 9.11. The number of rotatable bonds is 6. The van der Waals surface area contributed by atoms with Crippen molar-refractivity contribution >= 4 is 33.2 Å². The molecule has 0 saturated heterocycles. The highest BCUT2D eigenvalue weighted by atomic mass is 79.9. The Morgan fingerprint density at radius 2 is 1.92 bits per heavy atom. The van der Waals surface area contributed by atoms with Gasteiger partial charge in [0.2, 0.25) is 5.91 Å². The van der Waals surface area contributed by atoms with Gasteiger partial charge >= 0.3 is 0 Å². The molecule has 0 aliphatic rings. The smallest absolute Gasteiger partial charge is 0.223 e. The van der Waals surface area contributed by atoms with Crippen molar-refractivity contribution < 1.29 is 4.79 Å². The number of aryl methyl sites for hydroxylation is 1. The third kappa shape index (κ3) is 4.36. The molecule has 0 bridgehead atoms. The molecule has 24 heavy (non-hydrogen) atoms. The van der Waals surface area contributed by atoms with Crippen molar-refractivity contribution in [2.75, 3.05) is 7.05 Å². The maximum absolute atomic E-state index is 12.3. The average molecular weight is 403 g/mol. The van der Waals surface area contributed by atoms with Gasteiger partial charge in [-0.15, -0.1) is 11.3 Å². The maximum Gasteiger partial charge on any atom is 0.223 e. The number of carbonyl (C=O) groups is 1. The van der Waals surface area contributed by atoms with Crippen molar-refractivity contribution in [3.63, 3.8) is 0 Å². The first-order chi connectivity index (χ1) is 11.6. The van der Waals surface area contributed by atoms with Gasteiger partial charge < -0.3 is 9.88 Å². The van der Waals surface area contributed by atoms with Crippen LogP contribution in [-0.2, 0) is 17.8 Å². The zero-order valence-electron chi connectivity index (χ0n) is 13.5. The number of hydrogen-bond donors (Lipinski definition) is 1. The molecule has 0 aliphatic heterocycles. The molecule has 0 unspecified atom stereocenters. The van der Waals surface area contributed by atoms with E-state index in [1.54, 1.807) is 16.2 Å². The third-order valence-corrected chi connectivity index (χ3v) is 5.50. The van der Waals surface area contributed by atoms with Gasteiger partial charge in [0.15, 0.2) is 0 Å². The van der Waals surface area contributed by atoms with E-state index in [0.29, 0.717) is 13.0 Å². The molecule has 124 valence electrons. The van der Waals surface area contributed by atoms with Crippen LogP contribution in [0.4, 0.5) is 0 Å². The fourth-order valence-electron chi connectivity index (χ4n) is 2.56. The van der Waals surface area contributed by atoms with Crippen LogP contribution in [0.1, 0.15) is 17.0 Å². The Balaban J connectivity index is 1.53. The molecular weight excluding hydrogens is 384 g/mol. The second-order valence-electron chi connectivity index (χ2n) is 5.72. The first kappa shape index (κ1) is 17.0. The molecule has 3 aromatic rings. The number of nitrogens with one attached hydrogen (secondary N) is 1. The topological polar surface area (TPSA) is 36.1 Å². The minimum Gasteiger partial charge on any atom is -0.358 e. The van der Waals surface area contributed by atoms with Crippen LogP contribution in [0.15, 0.2) is 58.4 Å². The quantitative estimate of drug-likeness (QED) is 0.611. The summed E-state index contributed by atoms with van der Waals surface area (Å²) in [4.78, 5) is 18.7. The van der Waals surface area contributed by atoms with Gasteiger partial charge in [0, 0.05) is 29.7 Å². The zero-order chi connectivity index (χ0) is 16.9. The summed E-state index contributed by atoms with van der Waals surface area (Å²) < 4.78 is 1.10. The number of hydrogen-bond acceptors (Lipinski definition) is 2. The normalized spacial score (nSPS) is 10.8. The van der Waals surface area contributed by atoms with Gasteiger partial charge in [0.05, 0.1) is 10.3 Å². The summed E-state index contributed by atoms with van der Waals surface area (Å²) >= 11 is 5.12. The Bertz CT molecular complexity index is 810. The Morgan fingerprint density at radius 1 is 1.12 bits per heavy atom. The van der Waals surface area contributed by atoms with Gasteiger partial charge in [-0.3, -0.25) is 4.79 Å². The number of aromatic amines is 1. The van der Waals surface area contributed by atoms with Crippen molar-refractivity contribution in [2.24, 2.45) is 0 Å². The number of benzene rings is 1. The van der Waals surface area contributed by atoms with E-state index in [9.17, 15) is 4.79 Å². The van der Waals surface area contributed by atoms with Crippen LogP contribution in [0.5, 0.6) is 0 Å². The van der Waals surface area contributed by atoms with E-state index in [0.717, 1.165) is 27.2 Å². The molecule has 0 aliphatic carbocycles. The van der Waals surface area contributed by atoms with E-state index in [2.05, 4.69) is 51.2 Å². The van der Waals surface area contributed by atoms with Gasteiger partial charge in [0.25, 0.3) is 0 Å². The van der Waals surface area contributed by atoms with E-state index in [1.165, 1.54) is 4.88 Å². The summed E-state index contributed by atoms with van der Waals surface area (Å²) in [5.74, 6) is 0.162. The standard InChI is InChI=1S/C19H19BrN2OS/c1-22(13-16-9-11-18(20)24-16)19(23)12-8-15-7-10-17(21-15)14-5-3-2-4-6-14/h2-7,9-11,21H,8,12-13H2,1H3. The molecule has 1 aromatic carbocycles. The second kappa shape index (κ2) is 7.81. The number of nitrogens with zero attached hydrogens (tertiary/aromatic N) is 1. The predicted octanol–water partition coefficient (Wildman–Crippen LogP) is 5.10. The SMILES string of the molecule is CN(Cc1ccc(Br)s1)C(=O)CCc1ccc(-c2ccccc2)[nH]1. The van der Waals surface area contributed by atoms with Crippen LogP contribution >= 0.6 is 27.3 Å². The second-order valence-corrected chi connectivity index (χ2v) is 8.27. The molecule has 1 amide bonds. The average Bonchev–Trinajstić information content (AvgIpc) is 3.22. The molecule has 5 heteroatoms. The molecule has 2 aromatic heterocycles. The van der Waals surface area contributed by atoms with Crippen LogP contribution in [0.2, 0.25) is 0 Å². The number of amides is 1. The lowest BCUT2D eigenvalue weighted by Crippen LogP contribution is -2.26. The highest BCUT2D eigenvalue weighted by Crippen LogP contribution is 2.23. The summed E-state index contributed by atoms with van der Waals surface area (Å²) in [6.07, 6.45) is 1.24. The van der Waals surface area contributed by atoms with E-state index < -0.39 is 0 Å². The third-order valence-electron chi connectivity index (χ3n) is 3.89.